The minimum absolute atomic E-state index is 0.0288. The van der Waals surface area contributed by atoms with Gasteiger partial charge < -0.3 is 20.1 Å². The van der Waals surface area contributed by atoms with E-state index in [0.717, 1.165) is 5.56 Å². The molecule has 1 aliphatic heterocycles. The summed E-state index contributed by atoms with van der Waals surface area (Å²) in [5, 5.41) is 24.8. The average Bonchev–Trinajstić information content (AvgIpc) is 2.90. The van der Waals surface area contributed by atoms with Crippen LogP contribution in [0.4, 0.5) is 11.4 Å². The molecule has 3 rings (SSSR count). The Morgan fingerprint density at radius 2 is 1.91 bits per heavy atom. The maximum atomic E-state index is 13.7. The molecule has 2 N–H and O–H groups in total. The molecule has 0 radical (unpaired) electrons. The van der Waals surface area contributed by atoms with Crippen molar-refractivity contribution in [2.45, 2.75) is 71.7 Å². The zero-order valence-electron chi connectivity index (χ0n) is 20.8. The van der Waals surface area contributed by atoms with Crippen molar-refractivity contribution >= 4 is 23.3 Å². The second-order valence-electron chi connectivity index (χ2n) is 9.96. The summed E-state index contributed by atoms with van der Waals surface area (Å²) < 4.78 is 5.86. The van der Waals surface area contributed by atoms with Crippen molar-refractivity contribution in [1.82, 2.24) is 4.90 Å². The molecule has 35 heavy (non-hydrogen) atoms. The van der Waals surface area contributed by atoms with E-state index in [2.05, 4.69) is 5.32 Å². The smallest absolute Gasteiger partial charge is 0.326 e. The van der Waals surface area contributed by atoms with Crippen LogP contribution < -0.4 is 10.1 Å². The average molecular weight is 484 g/mol. The minimum Gasteiger partial charge on any atom is -0.488 e. The number of rotatable bonds is 8. The van der Waals surface area contributed by atoms with Gasteiger partial charge >= 0.3 is 5.97 Å². The molecule has 1 amide bonds. The molecule has 0 aromatic heterocycles. The van der Waals surface area contributed by atoms with Gasteiger partial charge in [0.2, 0.25) is 5.91 Å². The zero-order chi connectivity index (χ0) is 25.9. The van der Waals surface area contributed by atoms with Gasteiger partial charge in [0.15, 0.2) is 0 Å². The lowest BCUT2D eigenvalue weighted by atomic mass is 9.96. The quantitative estimate of drug-likeness (QED) is 0.414. The standard InChI is InChI=1S/C26H33N3O6/c1-6-16(2)23(25(31)32)28-15-18-8-7-9-21(29(33)34)22(18)27-20(24(28)30)14-17-10-12-19(13-11-17)35-26(3,4)5/h7-13,16,20,23,27H,6,14-15H2,1-5H3,(H,31,32)/t16-,20-,23-/m0/s1. The van der Waals surface area contributed by atoms with Crippen molar-refractivity contribution in [3.05, 3.63) is 63.7 Å². The molecule has 0 unspecified atom stereocenters. The number of nitrogens with zero attached hydrogens (tertiary/aromatic N) is 2. The van der Waals surface area contributed by atoms with Crippen LogP contribution in [0.25, 0.3) is 0 Å². The summed E-state index contributed by atoms with van der Waals surface area (Å²) in [6.07, 6.45) is 0.791. The number of carboxylic acid groups (broad SMARTS) is 1. The molecule has 1 heterocycles. The Morgan fingerprint density at radius 1 is 1.26 bits per heavy atom. The molecule has 188 valence electrons. The van der Waals surface area contributed by atoms with Gasteiger partial charge in [0.25, 0.3) is 5.69 Å². The molecule has 2 aromatic carbocycles. The fourth-order valence-electron chi connectivity index (χ4n) is 4.30. The highest BCUT2D eigenvalue weighted by atomic mass is 16.6. The first kappa shape index (κ1) is 26.0. The summed E-state index contributed by atoms with van der Waals surface area (Å²) in [4.78, 5) is 38.5. The number of fused-ring (bicyclic) bond motifs is 1. The van der Waals surface area contributed by atoms with Gasteiger partial charge in [-0.2, -0.15) is 0 Å². The van der Waals surface area contributed by atoms with Crippen LogP contribution in [0.15, 0.2) is 42.5 Å². The van der Waals surface area contributed by atoms with E-state index in [0.29, 0.717) is 17.7 Å². The second kappa shape index (κ2) is 10.3. The number of carbonyl (C=O) groups excluding carboxylic acids is 1. The number of hydrogen-bond acceptors (Lipinski definition) is 6. The molecule has 1 aliphatic rings. The van der Waals surface area contributed by atoms with Crippen molar-refractivity contribution in [3.63, 3.8) is 0 Å². The number of carboxylic acids is 1. The molecule has 0 aliphatic carbocycles. The van der Waals surface area contributed by atoms with Crippen LogP contribution in [0.5, 0.6) is 5.75 Å². The lowest BCUT2D eigenvalue weighted by Gasteiger charge is -2.33. The van der Waals surface area contributed by atoms with E-state index < -0.39 is 28.9 Å². The Labute approximate surface area is 205 Å². The number of nitro groups is 1. The Morgan fingerprint density at radius 3 is 2.46 bits per heavy atom. The lowest BCUT2D eigenvalue weighted by molar-refractivity contribution is -0.384. The SMILES string of the molecule is CC[C@H](C)[C@@H](C(=O)O)N1Cc2cccc([N+](=O)[O-])c2N[C@@H](Cc2ccc(OC(C)(C)C)cc2)C1=O. The monoisotopic (exact) mass is 483 g/mol. The highest BCUT2D eigenvalue weighted by molar-refractivity contribution is 5.91. The van der Waals surface area contributed by atoms with E-state index in [9.17, 15) is 24.8 Å². The Hall–Kier alpha value is -3.62. The molecular formula is C26H33N3O6. The summed E-state index contributed by atoms with van der Waals surface area (Å²) in [6.45, 7) is 9.48. The number of benzene rings is 2. The summed E-state index contributed by atoms with van der Waals surface area (Å²) in [5.41, 5.74) is 1.07. The first-order valence-corrected chi connectivity index (χ1v) is 11.7. The number of nitro benzene ring substituents is 1. The first-order chi connectivity index (χ1) is 16.4. The van der Waals surface area contributed by atoms with Gasteiger partial charge in [-0.15, -0.1) is 0 Å². The summed E-state index contributed by atoms with van der Waals surface area (Å²) in [6, 6.07) is 10.0. The van der Waals surface area contributed by atoms with Crippen LogP contribution in [0.1, 0.15) is 52.2 Å². The van der Waals surface area contributed by atoms with E-state index in [1.165, 1.54) is 11.0 Å². The number of anilines is 1. The molecule has 9 nitrogen and oxygen atoms in total. The number of amides is 1. The maximum absolute atomic E-state index is 13.7. The van der Waals surface area contributed by atoms with Crippen molar-refractivity contribution in [2.75, 3.05) is 5.32 Å². The largest absolute Gasteiger partial charge is 0.488 e. The Balaban J connectivity index is 2.01. The highest BCUT2D eigenvalue weighted by Gasteiger charge is 2.40. The number of nitrogens with one attached hydrogen (secondary N) is 1. The molecule has 2 aromatic rings. The van der Waals surface area contributed by atoms with Gasteiger partial charge in [0.1, 0.15) is 29.1 Å². The van der Waals surface area contributed by atoms with Crippen LogP contribution in [0, 0.1) is 16.0 Å². The van der Waals surface area contributed by atoms with Crippen molar-refractivity contribution in [2.24, 2.45) is 5.92 Å². The number of carbonyl (C=O) groups is 2. The Bertz CT molecular complexity index is 1090. The van der Waals surface area contributed by atoms with E-state index in [-0.39, 0.29) is 35.9 Å². The minimum atomic E-state index is -1.09. The highest BCUT2D eigenvalue weighted by Crippen LogP contribution is 2.34. The third-order valence-electron chi connectivity index (χ3n) is 6.12. The van der Waals surface area contributed by atoms with Crippen LogP contribution in [-0.4, -0.2) is 44.5 Å². The van der Waals surface area contributed by atoms with Gasteiger partial charge in [-0.05, 0) is 44.4 Å². The Kier molecular flexibility index (Phi) is 7.67. The van der Waals surface area contributed by atoms with E-state index in [4.69, 9.17) is 4.74 Å². The first-order valence-electron chi connectivity index (χ1n) is 11.7. The normalized spacial score (nSPS) is 17.6. The summed E-state index contributed by atoms with van der Waals surface area (Å²) in [5.74, 6) is -1.11. The molecule has 3 atom stereocenters. The zero-order valence-corrected chi connectivity index (χ0v) is 20.8. The van der Waals surface area contributed by atoms with Crippen molar-refractivity contribution < 1.29 is 24.4 Å². The van der Waals surface area contributed by atoms with E-state index in [1.54, 1.807) is 19.1 Å². The van der Waals surface area contributed by atoms with Crippen LogP contribution in [-0.2, 0) is 22.6 Å². The summed E-state index contributed by atoms with van der Waals surface area (Å²) in [7, 11) is 0. The third-order valence-corrected chi connectivity index (χ3v) is 6.12. The molecule has 0 fully saturated rings. The fourth-order valence-corrected chi connectivity index (χ4v) is 4.30. The molecule has 0 spiro atoms. The number of aliphatic carboxylic acids is 1. The molecular weight excluding hydrogens is 450 g/mol. The molecule has 0 saturated heterocycles. The topological polar surface area (TPSA) is 122 Å². The summed E-state index contributed by atoms with van der Waals surface area (Å²) >= 11 is 0. The van der Waals surface area contributed by atoms with Gasteiger partial charge in [-0.1, -0.05) is 44.5 Å². The number of ether oxygens (including phenoxy) is 1. The van der Waals surface area contributed by atoms with E-state index >= 15 is 0 Å². The third kappa shape index (κ3) is 6.09. The van der Waals surface area contributed by atoms with Crippen LogP contribution in [0.3, 0.4) is 0 Å². The van der Waals surface area contributed by atoms with Crippen LogP contribution in [0.2, 0.25) is 0 Å². The molecule has 0 bridgehead atoms. The predicted molar refractivity (Wildman–Crippen MR) is 132 cm³/mol. The van der Waals surface area contributed by atoms with Gasteiger partial charge in [-0.3, -0.25) is 14.9 Å². The second-order valence-corrected chi connectivity index (χ2v) is 9.96. The van der Waals surface area contributed by atoms with E-state index in [1.807, 2.05) is 52.0 Å². The number of para-hydroxylation sites is 1. The van der Waals surface area contributed by atoms with Gasteiger partial charge in [-0.25, -0.2) is 4.79 Å². The lowest BCUT2D eigenvalue weighted by Crippen LogP contribution is -2.52. The van der Waals surface area contributed by atoms with Crippen molar-refractivity contribution in [1.29, 1.82) is 0 Å². The predicted octanol–water partition coefficient (Wildman–Crippen LogP) is 4.64. The molecule has 0 saturated carbocycles. The molecule has 9 heteroatoms. The van der Waals surface area contributed by atoms with Gasteiger partial charge in [0, 0.05) is 24.6 Å². The van der Waals surface area contributed by atoms with Crippen molar-refractivity contribution in [3.8, 4) is 5.75 Å². The van der Waals surface area contributed by atoms with Crippen LogP contribution >= 0.6 is 0 Å². The van der Waals surface area contributed by atoms with Gasteiger partial charge in [0.05, 0.1) is 4.92 Å². The maximum Gasteiger partial charge on any atom is 0.326 e. The number of hydrogen-bond donors (Lipinski definition) is 2. The fraction of sp³-hybridized carbons (Fsp3) is 0.462.